The van der Waals surface area contributed by atoms with Crippen LogP contribution in [0.1, 0.15) is 24.0 Å². The molecule has 3 nitrogen and oxygen atoms in total. The maximum Gasteiger partial charge on any atom is 0.260 e. The van der Waals surface area contributed by atoms with E-state index in [1.807, 2.05) is 66.7 Å². The number of carbonyl (C=O) groups excluding carboxylic acids is 1. The predicted molar refractivity (Wildman–Crippen MR) is 104 cm³/mol. The van der Waals surface area contributed by atoms with Crippen molar-refractivity contribution in [2.24, 2.45) is 0 Å². The summed E-state index contributed by atoms with van der Waals surface area (Å²) < 4.78 is 5.71. The molecule has 3 aromatic rings. The van der Waals surface area contributed by atoms with Crippen molar-refractivity contribution in [3.05, 3.63) is 102 Å². The van der Waals surface area contributed by atoms with E-state index in [4.69, 9.17) is 4.74 Å². The van der Waals surface area contributed by atoms with E-state index in [0.29, 0.717) is 12.3 Å². The summed E-state index contributed by atoms with van der Waals surface area (Å²) >= 11 is 0. The molecule has 3 rings (SSSR count). The molecule has 0 aliphatic heterocycles. The summed E-state index contributed by atoms with van der Waals surface area (Å²) in [5.74, 6) is 0.675. The highest BCUT2D eigenvalue weighted by atomic mass is 16.5. The molecule has 0 radical (unpaired) electrons. The van der Waals surface area contributed by atoms with Crippen LogP contribution in [0.25, 0.3) is 0 Å². The normalized spacial score (nSPS) is 11.8. The van der Waals surface area contributed by atoms with Gasteiger partial charge in [0, 0.05) is 12.5 Å². The zero-order valence-electron chi connectivity index (χ0n) is 14.8. The molecular weight excluding hydrogens is 322 g/mol. The van der Waals surface area contributed by atoms with Gasteiger partial charge in [-0.05, 0) is 30.2 Å². The van der Waals surface area contributed by atoms with Crippen molar-refractivity contribution in [3.8, 4) is 5.75 Å². The Hall–Kier alpha value is -3.07. The largest absolute Gasteiger partial charge is 0.481 e. The Morgan fingerprint density at radius 3 is 1.77 bits per heavy atom. The summed E-state index contributed by atoms with van der Waals surface area (Å²) in [6.45, 7) is 2.29. The maximum absolute atomic E-state index is 12.5. The van der Waals surface area contributed by atoms with Crippen LogP contribution in [0.4, 0.5) is 0 Å². The lowest BCUT2D eigenvalue weighted by atomic mass is 9.91. The molecule has 3 aromatic carbocycles. The van der Waals surface area contributed by atoms with Crippen LogP contribution in [0.5, 0.6) is 5.75 Å². The lowest BCUT2D eigenvalue weighted by Crippen LogP contribution is -2.38. The van der Waals surface area contributed by atoms with E-state index >= 15 is 0 Å². The minimum absolute atomic E-state index is 0.102. The van der Waals surface area contributed by atoms with Gasteiger partial charge < -0.3 is 10.1 Å². The van der Waals surface area contributed by atoms with Gasteiger partial charge in [0.05, 0.1) is 0 Å². The molecule has 3 heteroatoms. The molecule has 1 N–H and O–H groups in total. The Morgan fingerprint density at radius 2 is 1.27 bits per heavy atom. The lowest BCUT2D eigenvalue weighted by molar-refractivity contribution is -0.127. The van der Waals surface area contributed by atoms with Crippen molar-refractivity contribution in [3.63, 3.8) is 0 Å². The first kappa shape index (κ1) is 17.7. The second-order valence-corrected chi connectivity index (χ2v) is 6.19. The van der Waals surface area contributed by atoms with Crippen LogP contribution in [-0.4, -0.2) is 18.6 Å². The second-order valence-electron chi connectivity index (χ2n) is 6.19. The third-order valence-corrected chi connectivity index (χ3v) is 4.31. The topological polar surface area (TPSA) is 38.3 Å². The minimum atomic E-state index is -0.551. The van der Waals surface area contributed by atoms with E-state index < -0.39 is 6.10 Å². The highest BCUT2D eigenvalue weighted by molar-refractivity contribution is 5.80. The fourth-order valence-electron chi connectivity index (χ4n) is 2.90. The Balaban J connectivity index is 1.67. The zero-order chi connectivity index (χ0) is 18.2. The lowest BCUT2D eigenvalue weighted by Gasteiger charge is -2.21. The number of para-hydroxylation sites is 1. The molecule has 0 heterocycles. The first-order valence-corrected chi connectivity index (χ1v) is 8.83. The molecule has 0 spiro atoms. The first-order valence-electron chi connectivity index (χ1n) is 8.83. The molecule has 26 heavy (non-hydrogen) atoms. The summed E-state index contributed by atoms with van der Waals surface area (Å²) in [5, 5.41) is 3.04. The van der Waals surface area contributed by atoms with Crippen LogP contribution >= 0.6 is 0 Å². The molecule has 1 amide bonds. The van der Waals surface area contributed by atoms with Crippen LogP contribution in [0.15, 0.2) is 91.0 Å². The average molecular weight is 345 g/mol. The van der Waals surface area contributed by atoms with Gasteiger partial charge >= 0.3 is 0 Å². The Bertz CT molecular complexity index is 764. The Labute approximate surface area is 154 Å². The van der Waals surface area contributed by atoms with Crippen LogP contribution < -0.4 is 10.1 Å². The van der Waals surface area contributed by atoms with Gasteiger partial charge in [0.25, 0.3) is 5.91 Å². The number of rotatable bonds is 7. The standard InChI is InChI=1S/C23H23NO2/c1-18(26-21-15-9-4-10-16-21)23(25)24-17-22(19-11-5-2-6-12-19)20-13-7-3-8-14-20/h2-16,18,22H,17H2,1H3,(H,24,25). The predicted octanol–water partition coefficient (Wildman–Crippen LogP) is 4.40. The number of nitrogens with one attached hydrogen (secondary N) is 1. The van der Waals surface area contributed by atoms with E-state index in [-0.39, 0.29) is 11.8 Å². The zero-order valence-corrected chi connectivity index (χ0v) is 14.8. The summed E-state index contributed by atoms with van der Waals surface area (Å²) in [6.07, 6.45) is -0.551. The molecule has 0 bridgehead atoms. The molecule has 0 aliphatic rings. The fourth-order valence-corrected chi connectivity index (χ4v) is 2.90. The number of amides is 1. The van der Waals surface area contributed by atoms with Crippen molar-refractivity contribution in [2.45, 2.75) is 18.9 Å². The SMILES string of the molecule is CC(Oc1ccccc1)C(=O)NCC(c1ccccc1)c1ccccc1. The maximum atomic E-state index is 12.5. The van der Waals surface area contributed by atoms with Gasteiger partial charge in [-0.25, -0.2) is 0 Å². The van der Waals surface area contributed by atoms with Crippen LogP contribution in [-0.2, 0) is 4.79 Å². The number of ether oxygens (including phenoxy) is 1. The van der Waals surface area contributed by atoms with Gasteiger partial charge in [0.1, 0.15) is 5.75 Å². The van der Waals surface area contributed by atoms with Crippen LogP contribution in [0, 0.1) is 0 Å². The van der Waals surface area contributed by atoms with E-state index in [0.717, 1.165) is 0 Å². The van der Waals surface area contributed by atoms with E-state index in [1.165, 1.54) is 11.1 Å². The Morgan fingerprint density at radius 1 is 0.808 bits per heavy atom. The van der Waals surface area contributed by atoms with E-state index in [1.54, 1.807) is 6.92 Å². The van der Waals surface area contributed by atoms with Crippen molar-refractivity contribution in [1.82, 2.24) is 5.32 Å². The van der Waals surface area contributed by atoms with Gasteiger partial charge in [-0.15, -0.1) is 0 Å². The quantitative estimate of drug-likeness (QED) is 0.689. The van der Waals surface area contributed by atoms with Gasteiger partial charge in [0.15, 0.2) is 6.10 Å². The summed E-state index contributed by atoms with van der Waals surface area (Å²) in [4.78, 5) is 12.5. The molecular formula is C23H23NO2. The molecule has 1 unspecified atom stereocenters. The molecule has 0 saturated heterocycles. The van der Waals surface area contributed by atoms with Crippen molar-refractivity contribution in [1.29, 1.82) is 0 Å². The molecule has 1 atom stereocenters. The van der Waals surface area contributed by atoms with Crippen molar-refractivity contribution < 1.29 is 9.53 Å². The van der Waals surface area contributed by atoms with Gasteiger partial charge in [-0.2, -0.15) is 0 Å². The number of carbonyl (C=O) groups is 1. The second kappa shape index (κ2) is 8.86. The third-order valence-electron chi connectivity index (χ3n) is 4.31. The van der Waals surface area contributed by atoms with Crippen LogP contribution in [0.2, 0.25) is 0 Å². The molecule has 0 fully saturated rings. The van der Waals surface area contributed by atoms with Crippen LogP contribution in [0.3, 0.4) is 0 Å². The summed E-state index contributed by atoms with van der Waals surface area (Å²) in [6, 6.07) is 29.8. The molecule has 0 aliphatic carbocycles. The molecule has 0 aromatic heterocycles. The van der Waals surface area contributed by atoms with Gasteiger partial charge in [0.2, 0.25) is 0 Å². The van der Waals surface area contributed by atoms with E-state index in [2.05, 4.69) is 29.6 Å². The third kappa shape index (κ3) is 4.73. The molecule has 132 valence electrons. The highest BCUT2D eigenvalue weighted by Gasteiger charge is 2.19. The smallest absolute Gasteiger partial charge is 0.260 e. The van der Waals surface area contributed by atoms with Gasteiger partial charge in [-0.1, -0.05) is 78.9 Å². The molecule has 0 saturated carbocycles. The summed E-state index contributed by atoms with van der Waals surface area (Å²) in [5.41, 5.74) is 2.35. The van der Waals surface area contributed by atoms with Crippen molar-refractivity contribution >= 4 is 5.91 Å². The van der Waals surface area contributed by atoms with Gasteiger partial charge in [-0.3, -0.25) is 4.79 Å². The number of hydrogen-bond donors (Lipinski definition) is 1. The summed E-state index contributed by atoms with van der Waals surface area (Å²) in [7, 11) is 0. The number of hydrogen-bond acceptors (Lipinski definition) is 2. The van der Waals surface area contributed by atoms with E-state index in [9.17, 15) is 4.79 Å². The highest BCUT2D eigenvalue weighted by Crippen LogP contribution is 2.23. The van der Waals surface area contributed by atoms with Crippen molar-refractivity contribution in [2.75, 3.05) is 6.54 Å². The Kier molecular flexibility index (Phi) is 6.05. The number of benzene rings is 3. The minimum Gasteiger partial charge on any atom is -0.481 e. The average Bonchev–Trinajstić information content (AvgIpc) is 2.70. The first-order chi connectivity index (χ1) is 12.7. The fraction of sp³-hybridized carbons (Fsp3) is 0.174. The monoisotopic (exact) mass is 345 g/mol.